The molecule has 0 amide bonds. The Hall–Kier alpha value is -0.960. The summed E-state index contributed by atoms with van der Waals surface area (Å²) in [4.78, 5) is 0.186. The van der Waals surface area contributed by atoms with Crippen molar-refractivity contribution in [2.75, 3.05) is 19.3 Å². The van der Waals surface area contributed by atoms with E-state index in [1.54, 1.807) is 32.0 Å². The fourth-order valence-electron chi connectivity index (χ4n) is 2.06. The molecule has 6 nitrogen and oxygen atoms in total. The number of hydrogen-bond donors (Lipinski definition) is 1. The van der Waals surface area contributed by atoms with Gasteiger partial charge in [0.2, 0.25) is 20.0 Å². The van der Waals surface area contributed by atoms with E-state index in [0.29, 0.717) is 0 Å². The Kier molecular flexibility index (Phi) is 6.14. The second kappa shape index (κ2) is 7.08. The first-order chi connectivity index (χ1) is 9.95. The van der Waals surface area contributed by atoms with Crippen LogP contribution in [0.3, 0.4) is 0 Å². The lowest BCUT2D eigenvalue weighted by Gasteiger charge is -2.23. The van der Waals surface area contributed by atoms with Crippen molar-refractivity contribution in [3.63, 3.8) is 0 Å². The third kappa shape index (κ3) is 5.05. The summed E-state index contributed by atoms with van der Waals surface area (Å²) in [5, 5.41) is 0. The van der Waals surface area contributed by atoms with E-state index in [2.05, 4.69) is 4.72 Å². The number of rotatable bonds is 7. The van der Waals surface area contributed by atoms with Crippen molar-refractivity contribution in [2.24, 2.45) is 0 Å². The van der Waals surface area contributed by atoms with Crippen LogP contribution >= 0.6 is 0 Å². The molecule has 0 atom stereocenters. The number of nitrogens with zero attached hydrogens (tertiary/aromatic N) is 1. The maximum absolute atomic E-state index is 12.2. The molecule has 1 rings (SSSR count). The van der Waals surface area contributed by atoms with Crippen molar-refractivity contribution >= 4 is 20.0 Å². The van der Waals surface area contributed by atoms with Gasteiger partial charge in [0.15, 0.2) is 0 Å². The molecule has 0 aliphatic rings. The van der Waals surface area contributed by atoms with Gasteiger partial charge in [0.25, 0.3) is 0 Å². The van der Waals surface area contributed by atoms with Crippen LogP contribution in [0.4, 0.5) is 0 Å². The average molecular weight is 348 g/mol. The normalized spacial score (nSPS) is 13.0. The van der Waals surface area contributed by atoms with Crippen molar-refractivity contribution in [1.29, 1.82) is 0 Å². The SMILES string of the molecule is Cc1ccc(S(=O)(=O)NCCN(C(C)C)S(C)(=O)=O)cc1C. The molecule has 0 unspecified atom stereocenters. The minimum atomic E-state index is -3.64. The molecule has 22 heavy (non-hydrogen) atoms. The molecular weight excluding hydrogens is 324 g/mol. The molecular formula is C14H24N2O4S2. The predicted octanol–water partition coefficient (Wildman–Crippen LogP) is 1.25. The Morgan fingerprint density at radius 3 is 2.14 bits per heavy atom. The van der Waals surface area contributed by atoms with Gasteiger partial charge in [-0.15, -0.1) is 0 Å². The van der Waals surface area contributed by atoms with Crippen LogP contribution in [-0.2, 0) is 20.0 Å². The molecule has 0 aliphatic heterocycles. The van der Waals surface area contributed by atoms with Crippen molar-refractivity contribution in [3.05, 3.63) is 29.3 Å². The number of aryl methyl sites for hydroxylation is 2. The van der Waals surface area contributed by atoms with Gasteiger partial charge in [-0.3, -0.25) is 0 Å². The van der Waals surface area contributed by atoms with Crippen LogP contribution in [0.25, 0.3) is 0 Å². The molecule has 0 saturated heterocycles. The molecule has 0 bridgehead atoms. The fraction of sp³-hybridized carbons (Fsp3) is 0.571. The average Bonchev–Trinajstić information content (AvgIpc) is 2.35. The number of nitrogens with one attached hydrogen (secondary N) is 1. The van der Waals surface area contributed by atoms with E-state index in [9.17, 15) is 16.8 Å². The van der Waals surface area contributed by atoms with Crippen molar-refractivity contribution in [3.8, 4) is 0 Å². The first-order valence-corrected chi connectivity index (χ1v) is 10.3. The van der Waals surface area contributed by atoms with Crippen LogP contribution < -0.4 is 4.72 Å². The quantitative estimate of drug-likeness (QED) is 0.804. The van der Waals surface area contributed by atoms with Gasteiger partial charge in [-0.2, -0.15) is 4.31 Å². The minimum Gasteiger partial charge on any atom is -0.212 e. The van der Waals surface area contributed by atoms with Gasteiger partial charge in [0, 0.05) is 19.1 Å². The predicted molar refractivity (Wildman–Crippen MR) is 87.8 cm³/mol. The molecule has 0 spiro atoms. The second-order valence-corrected chi connectivity index (χ2v) is 9.31. The third-order valence-electron chi connectivity index (χ3n) is 3.41. The summed E-state index contributed by atoms with van der Waals surface area (Å²) in [7, 11) is -7.00. The Balaban J connectivity index is 2.80. The Morgan fingerprint density at radius 2 is 1.68 bits per heavy atom. The molecule has 1 aromatic carbocycles. The van der Waals surface area contributed by atoms with E-state index in [0.717, 1.165) is 17.4 Å². The number of hydrogen-bond acceptors (Lipinski definition) is 4. The Morgan fingerprint density at radius 1 is 1.09 bits per heavy atom. The van der Waals surface area contributed by atoms with Crippen LogP contribution in [0.2, 0.25) is 0 Å². The summed E-state index contributed by atoms with van der Waals surface area (Å²) in [6.07, 6.45) is 1.12. The smallest absolute Gasteiger partial charge is 0.212 e. The van der Waals surface area contributed by atoms with Crippen LogP contribution in [0.1, 0.15) is 25.0 Å². The summed E-state index contributed by atoms with van der Waals surface area (Å²) in [6.45, 7) is 7.38. The van der Waals surface area contributed by atoms with Gasteiger partial charge in [-0.25, -0.2) is 21.6 Å². The van der Waals surface area contributed by atoms with Crippen LogP contribution in [-0.4, -0.2) is 46.5 Å². The highest BCUT2D eigenvalue weighted by Crippen LogP contribution is 2.14. The lowest BCUT2D eigenvalue weighted by atomic mass is 10.1. The van der Waals surface area contributed by atoms with E-state index >= 15 is 0 Å². The molecule has 1 aromatic rings. The highest BCUT2D eigenvalue weighted by molar-refractivity contribution is 7.89. The number of benzene rings is 1. The zero-order chi connectivity index (χ0) is 17.1. The Bertz CT molecular complexity index is 725. The van der Waals surface area contributed by atoms with E-state index < -0.39 is 20.0 Å². The van der Waals surface area contributed by atoms with Gasteiger partial charge in [0.05, 0.1) is 11.2 Å². The minimum absolute atomic E-state index is 0.0283. The van der Waals surface area contributed by atoms with E-state index in [1.807, 2.05) is 13.8 Å². The standard InChI is InChI=1S/C14H24N2O4S2/c1-11(2)16(21(5,17)18)9-8-15-22(19,20)14-7-6-12(3)13(4)10-14/h6-7,10-11,15H,8-9H2,1-5H3. The van der Waals surface area contributed by atoms with Crippen molar-refractivity contribution in [2.45, 2.75) is 38.6 Å². The van der Waals surface area contributed by atoms with E-state index in [4.69, 9.17) is 0 Å². The van der Waals surface area contributed by atoms with Crippen molar-refractivity contribution in [1.82, 2.24) is 9.03 Å². The molecule has 1 N–H and O–H groups in total. The van der Waals surface area contributed by atoms with Crippen molar-refractivity contribution < 1.29 is 16.8 Å². The lowest BCUT2D eigenvalue weighted by Crippen LogP contribution is -2.41. The zero-order valence-corrected chi connectivity index (χ0v) is 15.3. The molecule has 0 aromatic heterocycles. The van der Waals surface area contributed by atoms with Gasteiger partial charge in [-0.05, 0) is 51.0 Å². The molecule has 0 aliphatic carbocycles. The highest BCUT2D eigenvalue weighted by atomic mass is 32.2. The van der Waals surface area contributed by atoms with Gasteiger partial charge < -0.3 is 0 Å². The lowest BCUT2D eigenvalue weighted by molar-refractivity contribution is 0.360. The maximum atomic E-state index is 12.2. The summed E-state index contributed by atoms with van der Waals surface area (Å²) in [5.41, 5.74) is 1.91. The highest BCUT2D eigenvalue weighted by Gasteiger charge is 2.21. The summed E-state index contributed by atoms with van der Waals surface area (Å²) >= 11 is 0. The summed E-state index contributed by atoms with van der Waals surface area (Å²) in [6, 6.07) is 4.68. The van der Waals surface area contributed by atoms with E-state index in [-0.39, 0.29) is 24.0 Å². The van der Waals surface area contributed by atoms with Gasteiger partial charge in [0.1, 0.15) is 0 Å². The Labute approximate surface area is 133 Å². The largest absolute Gasteiger partial charge is 0.240 e. The molecule has 8 heteroatoms. The summed E-state index contributed by atoms with van der Waals surface area (Å²) < 4.78 is 51.4. The molecule has 0 fully saturated rings. The monoisotopic (exact) mass is 348 g/mol. The third-order valence-corrected chi connectivity index (χ3v) is 6.33. The molecule has 0 radical (unpaired) electrons. The van der Waals surface area contributed by atoms with Crippen LogP contribution in [0.5, 0.6) is 0 Å². The van der Waals surface area contributed by atoms with Crippen LogP contribution in [0, 0.1) is 13.8 Å². The molecule has 126 valence electrons. The first-order valence-electron chi connectivity index (χ1n) is 6.99. The number of sulfonamides is 2. The maximum Gasteiger partial charge on any atom is 0.240 e. The van der Waals surface area contributed by atoms with Gasteiger partial charge in [-0.1, -0.05) is 6.07 Å². The van der Waals surface area contributed by atoms with E-state index in [1.165, 1.54) is 4.31 Å². The summed E-state index contributed by atoms with van der Waals surface area (Å²) in [5.74, 6) is 0. The fourth-order valence-corrected chi connectivity index (χ4v) is 4.36. The molecule has 0 heterocycles. The molecule has 0 saturated carbocycles. The van der Waals surface area contributed by atoms with Crippen LogP contribution in [0.15, 0.2) is 23.1 Å². The second-order valence-electron chi connectivity index (χ2n) is 5.61. The first kappa shape index (κ1) is 19.1. The zero-order valence-electron chi connectivity index (χ0n) is 13.6. The van der Waals surface area contributed by atoms with Gasteiger partial charge >= 0.3 is 0 Å². The topological polar surface area (TPSA) is 83.6 Å².